The molecule has 114 valence electrons. The van der Waals surface area contributed by atoms with Gasteiger partial charge in [-0.15, -0.1) is 0 Å². The molecule has 0 bridgehead atoms. The Kier molecular flexibility index (Phi) is 6.37. The van der Waals surface area contributed by atoms with Crippen LogP contribution in [0.3, 0.4) is 0 Å². The first-order valence-electron chi connectivity index (χ1n) is 7.59. The average molecular weight is 288 g/mol. The number of aromatic nitrogens is 3. The Morgan fingerprint density at radius 1 is 1.33 bits per heavy atom. The Morgan fingerprint density at radius 2 is 2.24 bits per heavy atom. The van der Waals surface area contributed by atoms with E-state index in [1.165, 1.54) is 0 Å². The number of nitrogens with one attached hydrogen (secondary N) is 2. The second kappa shape index (κ2) is 8.54. The van der Waals surface area contributed by atoms with Crippen LogP contribution < -0.4 is 5.32 Å². The molecule has 0 spiro atoms. The molecule has 2 rings (SSSR count). The third-order valence-electron chi connectivity index (χ3n) is 3.65. The van der Waals surface area contributed by atoms with E-state index in [1.54, 1.807) is 6.20 Å². The van der Waals surface area contributed by atoms with Crippen LogP contribution in [0.5, 0.6) is 0 Å². The van der Waals surface area contributed by atoms with Gasteiger partial charge in [0, 0.05) is 36.7 Å². The second-order valence-corrected chi connectivity index (χ2v) is 5.31. The Bertz CT molecular complexity index is 506. The third-order valence-corrected chi connectivity index (χ3v) is 3.65. The Balaban J connectivity index is 1.91. The van der Waals surface area contributed by atoms with Gasteiger partial charge in [-0.25, -0.2) is 0 Å². The Hall–Kier alpha value is -1.72. The van der Waals surface area contributed by atoms with Gasteiger partial charge >= 0.3 is 0 Å². The van der Waals surface area contributed by atoms with Gasteiger partial charge in [-0.2, -0.15) is 5.10 Å². The predicted octanol–water partition coefficient (Wildman–Crippen LogP) is 2.36. The van der Waals surface area contributed by atoms with Crippen molar-refractivity contribution in [2.45, 2.75) is 32.7 Å². The Morgan fingerprint density at radius 3 is 2.95 bits per heavy atom. The van der Waals surface area contributed by atoms with E-state index in [0.29, 0.717) is 5.92 Å². The summed E-state index contributed by atoms with van der Waals surface area (Å²) in [7, 11) is 0. The van der Waals surface area contributed by atoms with E-state index in [0.717, 1.165) is 49.2 Å². The highest BCUT2D eigenvalue weighted by molar-refractivity contribution is 5.61. The summed E-state index contributed by atoms with van der Waals surface area (Å²) in [6, 6.07) is 3.95. The summed E-state index contributed by atoms with van der Waals surface area (Å²) in [5, 5.41) is 19.7. The van der Waals surface area contributed by atoms with Gasteiger partial charge < -0.3 is 10.4 Å². The van der Waals surface area contributed by atoms with Gasteiger partial charge in [0.05, 0.1) is 11.9 Å². The highest BCUT2D eigenvalue weighted by Crippen LogP contribution is 2.19. The molecule has 0 saturated heterocycles. The number of rotatable bonds is 9. The molecule has 0 aromatic carbocycles. The number of H-pyrrole nitrogens is 1. The lowest BCUT2D eigenvalue weighted by molar-refractivity contribution is 0.248. The van der Waals surface area contributed by atoms with Crippen molar-refractivity contribution in [2.75, 3.05) is 13.2 Å². The summed E-state index contributed by atoms with van der Waals surface area (Å²) in [5.41, 5.74) is 3.21. The highest BCUT2D eigenvalue weighted by Gasteiger charge is 2.10. The van der Waals surface area contributed by atoms with Crippen LogP contribution in [0, 0.1) is 5.92 Å². The molecular formula is C16H24N4O. The number of pyridine rings is 1. The maximum Gasteiger partial charge on any atom is 0.0710 e. The topological polar surface area (TPSA) is 73.8 Å². The highest BCUT2D eigenvalue weighted by atomic mass is 16.3. The van der Waals surface area contributed by atoms with Gasteiger partial charge in [-0.05, 0) is 37.4 Å². The largest absolute Gasteiger partial charge is 0.396 e. The predicted molar refractivity (Wildman–Crippen MR) is 83.6 cm³/mol. The van der Waals surface area contributed by atoms with E-state index in [1.807, 2.05) is 24.5 Å². The molecule has 2 heterocycles. The molecule has 0 fully saturated rings. The van der Waals surface area contributed by atoms with Crippen LogP contribution in [0.25, 0.3) is 11.3 Å². The van der Waals surface area contributed by atoms with Gasteiger partial charge in [-0.1, -0.05) is 13.3 Å². The number of aliphatic hydroxyl groups excluding tert-OH is 1. The van der Waals surface area contributed by atoms with Crippen molar-refractivity contribution in [3.8, 4) is 11.3 Å². The molecular weight excluding hydrogens is 264 g/mol. The van der Waals surface area contributed by atoms with Gasteiger partial charge in [0.15, 0.2) is 0 Å². The fourth-order valence-electron chi connectivity index (χ4n) is 2.56. The first-order chi connectivity index (χ1) is 10.3. The van der Waals surface area contributed by atoms with Gasteiger partial charge in [0.1, 0.15) is 0 Å². The van der Waals surface area contributed by atoms with E-state index in [-0.39, 0.29) is 6.61 Å². The Labute approximate surface area is 125 Å². The van der Waals surface area contributed by atoms with Crippen molar-refractivity contribution < 1.29 is 5.11 Å². The molecule has 0 radical (unpaired) electrons. The maximum atomic E-state index is 9.09. The zero-order valence-electron chi connectivity index (χ0n) is 12.5. The van der Waals surface area contributed by atoms with Crippen molar-refractivity contribution in [1.29, 1.82) is 0 Å². The SMILES string of the molecule is CCCC(CCO)CNCc1cn[nH]c1-c1cccnc1. The van der Waals surface area contributed by atoms with Crippen LogP contribution in [-0.2, 0) is 6.54 Å². The van der Waals surface area contributed by atoms with Crippen molar-refractivity contribution in [3.63, 3.8) is 0 Å². The minimum atomic E-state index is 0.263. The van der Waals surface area contributed by atoms with E-state index < -0.39 is 0 Å². The van der Waals surface area contributed by atoms with Crippen LogP contribution in [0.4, 0.5) is 0 Å². The molecule has 21 heavy (non-hydrogen) atoms. The van der Waals surface area contributed by atoms with Gasteiger partial charge in [0.2, 0.25) is 0 Å². The van der Waals surface area contributed by atoms with E-state index in [2.05, 4.69) is 27.4 Å². The van der Waals surface area contributed by atoms with Crippen LogP contribution in [0.1, 0.15) is 31.7 Å². The lowest BCUT2D eigenvalue weighted by atomic mass is 10.00. The summed E-state index contributed by atoms with van der Waals surface area (Å²) in [5.74, 6) is 0.536. The van der Waals surface area contributed by atoms with Crippen molar-refractivity contribution >= 4 is 0 Å². The third kappa shape index (κ3) is 4.65. The minimum absolute atomic E-state index is 0.263. The fraction of sp³-hybridized carbons (Fsp3) is 0.500. The van der Waals surface area contributed by atoms with Crippen LogP contribution in [0.15, 0.2) is 30.7 Å². The summed E-state index contributed by atoms with van der Waals surface area (Å²) < 4.78 is 0. The number of aromatic amines is 1. The lowest BCUT2D eigenvalue weighted by Gasteiger charge is -2.15. The molecule has 2 aromatic heterocycles. The molecule has 5 nitrogen and oxygen atoms in total. The van der Waals surface area contributed by atoms with Crippen molar-refractivity contribution in [1.82, 2.24) is 20.5 Å². The van der Waals surface area contributed by atoms with E-state index >= 15 is 0 Å². The van der Waals surface area contributed by atoms with E-state index in [9.17, 15) is 0 Å². The van der Waals surface area contributed by atoms with Crippen molar-refractivity contribution in [3.05, 3.63) is 36.3 Å². The standard InChI is InChI=1S/C16H24N4O/c1-2-4-13(6-8-21)9-18-11-15-12-19-20-16(15)14-5-3-7-17-10-14/h3,5,7,10,12-13,18,21H,2,4,6,8-9,11H2,1H3,(H,19,20). The van der Waals surface area contributed by atoms with Crippen LogP contribution >= 0.6 is 0 Å². The molecule has 5 heteroatoms. The summed E-state index contributed by atoms with van der Waals surface area (Å²) in [4.78, 5) is 4.14. The van der Waals surface area contributed by atoms with Gasteiger partial charge in [0.25, 0.3) is 0 Å². The lowest BCUT2D eigenvalue weighted by Crippen LogP contribution is -2.23. The van der Waals surface area contributed by atoms with Crippen LogP contribution in [0.2, 0.25) is 0 Å². The molecule has 3 N–H and O–H groups in total. The molecule has 0 aliphatic carbocycles. The summed E-state index contributed by atoms with van der Waals surface area (Å²) in [6.07, 6.45) is 8.62. The minimum Gasteiger partial charge on any atom is -0.396 e. The number of hydrogen-bond donors (Lipinski definition) is 3. The van der Waals surface area contributed by atoms with Crippen LogP contribution in [-0.4, -0.2) is 33.4 Å². The zero-order chi connectivity index (χ0) is 14.9. The second-order valence-electron chi connectivity index (χ2n) is 5.31. The average Bonchev–Trinajstić information content (AvgIpc) is 2.97. The molecule has 0 saturated carbocycles. The van der Waals surface area contributed by atoms with Crippen molar-refractivity contribution in [2.24, 2.45) is 5.92 Å². The molecule has 1 atom stereocenters. The summed E-state index contributed by atoms with van der Waals surface area (Å²) >= 11 is 0. The number of aliphatic hydroxyl groups is 1. The number of hydrogen-bond acceptors (Lipinski definition) is 4. The number of nitrogens with zero attached hydrogens (tertiary/aromatic N) is 2. The fourth-order valence-corrected chi connectivity index (χ4v) is 2.56. The van der Waals surface area contributed by atoms with E-state index in [4.69, 9.17) is 5.11 Å². The monoisotopic (exact) mass is 288 g/mol. The molecule has 0 aliphatic rings. The first kappa shape index (κ1) is 15.7. The smallest absolute Gasteiger partial charge is 0.0710 e. The summed E-state index contributed by atoms with van der Waals surface area (Å²) in [6.45, 7) is 4.14. The molecule has 1 unspecified atom stereocenters. The zero-order valence-corrected chi connectivity index (χ0v) is 12.5. The maximum absolute atomic E-state index is 9.09. The normalized spacial score (nSPS) is 12.5. The first-order valence-corrected chi connectivity index (χ1v) is 7.59. The molecule has 0 amide bonds. The molecule has 2 aromatic rings. The van der Waals surface area contributed by atoms with Gasteiger partial charge in [-0.3, -0.25) is 10.1 Å². The molecule has 0 aliphatic heterocycles. The quantitative estimate of drug-likeness (QED) is 0.662.